The molecule has 0 aromatic heterocycles. The third-order valence-electron chi connectivity index (χ3n) is 5.16. The first-order valence-electron chi connectivity index (χ1n) is 9.53. The van der Waals surface area contributed by atoms with Gasteiger partial charge >= 0.3 is 0 Å². The van der Waals surface area contributed by atoms with E-state index >= 15 is 0 Å². The molecule has 4 nitrogen and oxygen atoms in total. The van der Waals surface area contributed by atoms with Crippen LogP contribution in [0, 0.1) is 0 Å². The highest BCUT2D eigenvalue weighted by atomic mass is 16.5. The Kier molecular flexibility index (Phi) is 5.49. The third-order valence-corrected chi connectivity index (χ3v) is 5.16. The molecule has 28 heavy (non-hydrogen) atoms. The number of hydrogen-bond acceptors (Lipinski definition) is 4. The molecule has 1 aliphatic rings. The van der Waals surface area contributed by atoms with Crippen LogP contribution in [0.15, 0.2) is 66.7 Å². The third kappa shape index (κ3) is 3.82. The number of benzene rings is 3. The topological polar surface area (TPSA) is 39.7 Å². The fraction of sp³-hybridized carbons (Fsp3) is 0.250. The van der Waals surface area contributed by atoms with Crippen LogP contribution in [-0.2, 0) is 13.0 Å². The summed E-state index contributed by atoms with van der Waals surface area (Å²) in [6, 6.07) is 22.8. The van der Waals surface area contributed by atoms with Gasteiger partial charge in [0.1, 0.15) is 12.4 Å². The van der Waals surface area contributed by atoms with Crippen molar-refractivity contribution in [3.8, 4) is 17.2 Å². The minimum absolute atomic E-state index is 0.131. The van der Waals surface area contributed by atoms with Crippen molar-refractivity contribution in [3.63, 3.8) is 0 Å². The molecule has 0 saturated heterocycles. The second-order valence-corrected chi connectivity index (χ2v) is 6.89. The molecule has 1 N–H and O–H groups in total. The number of rotatable bonds is 6. The Morgan fingerprint density at radius 3 is 2.32 bits per heavy atom. The van der Waals surface area contributed by atoms with Crippen LogP contribution in [0.3, 0.4) is 0 Å². The molecule has 0 spiro atoms. The summed E-state index contributed by atoms with van der Waals surface area (Å²) < 4.78 is 16.9. The van der Waals surface area contributed by atoms with Crippen LogP contribution < -0.4 is 19.5 Å². The van der Waals surface area contributed by atoms with E-state index in [2.05, 4.69) is 41.7 Å². The van der Waals surface area contributed by atoms with Gasteiger partial charge in [0.2, 0.25) is 0 Å². The first kappa shape index (κ1) is 18.4. The molecule has 3 aromatic carbocycles. The average Bonchev–Trinajstić information content (AvgIpc) is 2.77. The highest BCUT2D eigenvalue weighted by Crippen LogP contribution is 2.37. The highest BCUT2D eigenvalue weighted by Gasteiger charge is 2.23. The number of nitrogens with one attached hydrogen (secondary N) is 1. The smallest absolute Gasteiger partial charge is 0.161 e. The van der Waals surface area contributed by atoms with E-state index < -0.39 is 0 Å². The maximum Gasteiger partial charge on any atom is 0.161 e. The number of fused-ring (bicyclic) bond motifs is 1. The van der Waals surface area contributed by atoms with E-state index in [0.29, 0.717) is 6.61 Å². The number of methoxy groups -OCH3 is 2. The first-order chi connectivity index (χ1) is 13.8. The summed E-state index contributed by atoms with van der Waals surface area (Å²) in [6.07, 6.45) is 0.977. The molecule has 0 fully saturated rings. The van der Waals surface area contributed by atoms with Gasteiger partial charge in [0.25, 0.3) is 0 Å². The molecule has 0 aliphatic carbocycles. The monoisotopic (exact) mass is 375 g/mol. The molecule has 3 aromatic rings. The van der Waals surface area contributed by atoms with Crippen molar-refractivity contribution in [2.75, 3.05) is 20.8 Å². The van der Waals surface area contributed by atoms with E-state index in [4.69, 9.17) is 14.2 Å². The van der Waals surface area contributed by atoms with Gasteiger partial charge in [0, 0.05) is 6.54 Å². The van der Waals surface area contributed by atoms with Gasteiger partial charge in [0.05, 0.1) is 20.3 Å². The molecule has 0 amide bonds. The maximum atomic E-state index is 5.91. The van der Waals surface area contributed by atoms with Gasteiger partial charge in [-0.15, -0.1) is 0 Å². The standard InChI is InChI=1S/C24H25NO3/c1-26-22-14-19-12-13-25-24(21(19)15-23(22)27-2)18-8-10-20(11-9-18)28-16-17-6-4-3-5-7-17/h3-11,14-15,24-25H,12-13,16H2,1-2H3. The van der Waals surface area contributed by atoms with Gasteiger partial charge in [-0.1, -0.05) is 42.5 Å². The lowest BCUT2D eigenvalue weighted by atomic mass is 9.89. The molecule has 0 bridgehead atoms. The Balaban J connectivity index is 1.54. The summed E-state index contributed by atoms with van der Waals surface area (Å²) in [7, 11) is 3.35. The van der Waals surface area contributed by atoms with E-state index in [1.165, 1.54) is 16.7 Å². The van der Waals surface area contributed by atoms with Gasteiger partial charge in [0.15, 0.2) is 11.5 Å². The largest absolute Gasteiger partial charge is 0.493 e. The van der Waals surface area contributed by atoms with Crippen molar-refractivity contribution in [2.24, 2.45) is 0 Å². The summed E-state index contributed by atoms with van der Waals surface area (Å²) in [5.41, 5.74) is 4.91. The van der Waals surface area contributed by atoms with E-state index in [1.54, 1.807) is 14.2 Å². The van der Waals surface area contributed by atoms with Crippen LogP contribution >= 0.6 is 0 Å². The molecule has 4 heteroatoms. The van der Waals surface area contributed by atoms with Gasteiger partial charge in [-0.05, 0) is 52.9 Å². The Morgan fingerprint density at radius 1 is 0.893 bits per heavy atom. The van der Waals surface area contributed by atoms with Crippen molar-refractivity contribution in [1.29, 1.82) is 0 Å². The fourth-order valence-corrected chi connectivity index (χ4v) is 3.68. The minimum Gasteiger partial charge on any atom is -0.493 e. The zero-order chi connectivity index (χ0) is 19.3. The highest BCUT2D eigenvalue weighted by molar-refractivity contribution is 5.51. The number of ether oxygens (including phenoxy) is 3. The lowest BCUT2D eigenvalue weighted by molar-refractivity contribution is 0.306. The van der Waals surface area contributed by atoms with Crippen LogP contribution in [0.25, 0.3) is 0 Å². The van der Waals surface area contributed by atoms with Gasteiger partial charge < -0.3 is 19.5 Å². The average molecular weight is 375 g/mol. The summed E-state index contributed by atoms with van der Waals surface area (Å²) in [5.74, 6) is 2.42. The second kappa shape index (κ2) is 8.36. The van der Waals surface area contributed by atoms with Crippen molar-refractivity contribution >= 4 is 0 Å². The van der Waals surface area contributed by atoms with E-state index in [0.717, 1.165) is 35.8 Å². The molecule has 1 atom stereocenters. The van der Waals surface area contributed by atoms with Crippen molar-refractivity contribution in [3.05, 3.63) is 89.0 Å². The first-order valence-corrected chi connectivity index (χ1v) is 9.53. The Bertz CT molecular complexity index is 923. The van der Waals surface area contributed by atoms with Crippen LogP contribution in [-0.4, -0.2) is 20.8 Å². The van der Waals surface area contributed by atoms with Gasteiger partial charge in [-0.3, -0.25) is 0 Å². The lowest BCUT2D eigenvalue weighted by Gasteiger charge is -2.28. The quantitative estimate of drug-likeness (QED) is 0.688. The second-order valence-electron chi connectivity index (χ2n) is 6.89. The Morgan fingerprint density at radius 2 is 1.61 bits per heavy atom. The SMILES string of the molecule is COc1cc2c(cc1OC)C(c1ccc(OCc3ccccc3)cc1)NCC2. The molecule has 4 rings (SSSR count). The summed E-state index contributed by atoms with van der Waals surface area (Å²) in [4.78, 5) is 0. The molecular weight excluding hydrogens is 350 g/mol. The van der Waals surface area contributed by atoms with Gasteiger partial charge in [-0.25, -0.2) is 0 Å². The van der Waals surface area contributed by atoms with Crippen molar-refractivity contribution in [2.45, 2.75) is 19.1 Å². The Hall–Kier alpha value is -2.98. The molecular formula is C24H25NO3. The predicted molar refractivity (Wildman–Crippen MR) is 110 cm³/mol. The molecule has 1 heterocycles. The normalized spacial score (nSPS) is 15.6. The zero-order valence-corrected chi connectivity index (χ0v) is 16.3. The van der Waals surface area contributed by atoms with Crippen LogP contribution in [0.5, 0.6) is 17.2 Å². The summed E-state index contributed by atoms with van der Waals surface area (Å²) in [5, 5.41) is 3.62. The summed E-state index contributed by atoms with van der Waals surface area (Å²) >= 11 is 0. The number of hydrogen-bond donors (Lipinski definition) is 1. The molecule has 1 unspecified atom stereocenters. The van der Waals surface area contributed by atoms with Crippen molar-refractivity contribution in [1.82, 2.24) is 5.32 Å². The van der Waals surface area contributed by atoms with E-state index in [9.17, 15) is 0 Å². The van der Waals surface area contributed by atoms with Crippen molar-refractivity contribution < 1.29 is 14.2 Å². The summed E-state index contributed by atoms with van der Waals surface area (Å²) in [6.45, 7) is 1.50. The predicted octanol–water partition coefficient (Wildman–Crippen LogP) is 4.52. The molecule has 144 valence electrons. The van der Waals surface area contributed by atoms with E-state index in [-0.39, 0.29) is 6.04 Å². The maximum absolute atomic E-state index is 5.91. The fourth-order valence-electron chi connectivity index (χ4n) is 3.68. The van der Waals surface area contributed by atoms with E-state index in [1.807, 2.05) is 30.3 Å². The van der Waals surface area contributed by atoms with Crippen LogP contribution in [0.4, 0.5) is 0 Å². The Labute approximate surface area is 166 Å². The molecule has 0 saturated carbocycles. The van der Waals surface area contributed by atoms with Gasteiger partial charge in [-0.2, -0.15) is 0 Å². The minimum atomic E-state index is 0.131. The lowest BCUT2D eigenvalue weighted by Crippen LogP contribution is -2.30. The van der Waals surface area contributed by atoms with Crippen LogP contribution in [0.1, 0.15) is 28.3 Å². The molecule has 0 radical (unpaired) electrons. The van der Waals surface area contributed by atoms with Crippen LogP contribution in [0.2, 0.25) is 0 Å². The zero-order valence-electron chi connectivity index (χ0n) is 16.3. The molecule has 1 aliphatic heterocycles.